The zero-order chi connectivity index (χ0) is 23.8. The standard InChI is InChI=1S/C26H24N8O/c1-33-8-10-34(11-9-33)24-5-3-19(15-29-24)32-26(35)18-12-20-21(16-31-25(20)30-14-18)17-2-4-22-23(13-17)28-7-6-27-22/h2-7,12-16H,8-11H2,1H3,(H,30,31)(H,32,35). The molecule has 1 saturated heterocycles. The summed E-state index contributed by atoms with van der Waals surface area (Å²) < 4.78 is 0. The van der Waals surface area contributed by atoms with E-state index in [1.807, 2.05) is 42.6 Å². The molecule has 6 rings (SSSR count). The Bertz CT molecular complexity index is 1520. The van der Waals surface area contributed by atoms with Crippen LogP contribution in [0, 0.1) is 0 Å². The van der Waals surface area contributed by atoms with Gasteiger partial charge in [0.25, 0.3) is 5.91 Å². The van der Waals surface area contributed by atoms with E-state index in [9.17, 15) is 4.79 Å². The summed E-state index contributed by atoms with van der Waals surface area (Å²) in [7, 11) is 2.13. The third-order valence-electron chi connectivity index (χ3n) is 6.41. The Kier molecular flexibility index (Phi) is 5.31. The van der Waals surface area contributed by atoms with E-state index in [2.05, 4.69) is 47.1 Å². The molecule has 4 aromatic heterocycles. The highest BCUT2D eigenvalue weighted by Gasteiger charge is 2.16. The van der Waals surface area contributed by atoms with Crippen LogP contribution in [0.25, 0.3) is 33.2 Å². The predicted molar refractivity (Wildman–Crippen MR) is 137 cm³/mol. The summed E-state index contributed by atoms with van der Waals surface area (Å²) in [5.74, 6) is 0.696. The number of anilines is 2. The maximum atomic E-state index is 13.0. The Balaban J connectivity index is 1.23. The second-order valence-corrected chi connectivity index (χ2v) is 8.73. The lowest BCUT2D eigenvalue weighted by molar-refractivity contribution is 0.102. The number of likely N-dealkylation sites (N-methyl/N-ethyl adjacent to an activating group) is 1. The lowest BCUT2D eigenvalue weighted by Gasteiger charge is -2.33. The van der Waals surface area contributed by atoms with Crippen LogP contribution < -0.4 is 10.2 Å². The van der Waals surface area contributed by atoms with Crippen molar-refractivity contribution >= 4 is 39.5 Å². The van der Waals surface area contributed by atoms with Gasteiger partial charge in [-0.25, -0.2) is 9.97 Å². The van der Waals surface area contributed by atoms with Gasteiger partial charge >= 0.3 is 0 Å². The third kappa shape index (κ3) is 4.17. The number of carbonyl (C=O) groups is 1. The highest BCUT2D eigenvalue weighted by atomic mass is 16.1. The van der Waals surface area contributed by atoms with Crippen LogP contribution in [0.5, 0.6) is 0 Å². The molecule has 0 unspecified atom stereocenters. The first-order chi connectivity index (χ1) is 17.1. The van der Waals surface area contributed by atoms with Crippen molar-refractivity contribution in [1.82, 2.24) is 29.8 Å². The Labute approximate surface area is 201 Å². The SMILES string of the molecule is CN1CCN(c2ccc(NC(=O)c3cnc4[nH]cc(-c5ccc6nccnc6c5)c4c3)cn2)CC1. The van der Waals surface area contributed by atoms with Crippen molar-refractivity contribution in [2.75, 3.05) is 43.4 Å². The highest BCUT2D eigenvalue weighted by molar-refractivity contribution is 6.07. The summed E-state index contributed by atoms with van der Waals surface area (Å²) in [6.07, 6.45) is 8.54. The number of carbonyl (C=O) groups excluding carboxylic acids is 1. The Morgan fingerprint density at radius 1 is 0.914 bits per heavy atom. The van der Waals surface area contributed by atoms with Crippen molar-refractivity contribution in [3.8, 4) is 11.1 Å². The molecule has 0 radical (unpaired) electrons. The van der Waals surface area contributed by atoms with Crippen LogP contribution in [-0.2, 0) is 0 Å². The van der Waals surface area contributed by atoms with Crippen LogP contribution >= 0.6 is 0 Å². The van der Waals surface area contributed by atoms with Crippen LogP contribution in [0.4, 0.5) is 11.5 Å². The van der Waals surface area contributed by atoms with Crippen LogP contribution in [0.1, 0.15) is 10.4 Å². The second kappa shape index (κ2) is 8.77. The first-order valence-corrected chi connectivity index (χ1v) is 11.5. The molecule has 0 aliphatic carbocycles. The van der Waals surface area contributed by atoms with Crippen molar-refractivity contribution in [2.24, 2.45) is 0 Å². The molecule has 0 atom stereocenters. The number of aromatic amines is 1. The topological polar surface area (TPSA) is 103 Å². The van der Waals surface area contributed by atoms with Gasteiger partial charge in [-0.15, -0.1) is 0 Å². The fraction of sp³-hybridized carbons (Fsp3) is 0.192. The number of H-pyrrole nitrogens is 1. The minimum absolute atomic E-state index is 0.231. The predicted octanol–water partition coefficient (Wildman–Crippen LogP) is 3.57. The van der Waals surface area contributed by atoms with E-state index in [0.717, 1.165) is 59.5 Å². The second-order valence-electron chi connectivity index (χ2n) is 8.73. The zero-order valence-electron chi connectivity index (χ0n) is 19.3. The van der Waals surface area contributed by atoms with Crippen molar-refractivity contribution in [3.05, 3.63) is 72.9 Å². The quantitative estimate of drug-likeness (QED) is 0.419. The van der Waals surface area contributed by atoms with E-state index >= 15 is 0 Å². The fourth-order valence-corrected chi connectivity index (χ4v) is 4.38. The number of piperazine rings is 1. The van der Waals surface area contributed by atoms with Crippen molar-refractivity contribution < 1.29 is 4.79 Å². The van der Waals surface area contributed by atoms with E-state index in [0.29, 0.717) is 16.9 Å². The molecule has 2 N–H and O–H groups in total. The van der Waals surface area contributed by atoms with Gasteiger partial charge in [-0.05, 0) is 42.9 Å². The molecule has 9 heteroatoms. The number of hydrogen-bond donors (Lipinski definition) is 2. The summed E-state index contributed by atoms with van der Waals surface area (Å²) in [6, 6.07) is 11.6. The Morgan fingerprint density at radius 2 is 1.74 bits per heavy atom. The fourth-order valence-electron chi connectivity index (χ4n) is 4.38. The number of fused-ring (bicyclic) bond motifs is 2. The molecule has 0 spiro atoms. The molecular formula is C26H24N8O. The van der Waals surface area contributed by atoms with E-state index in [4.69, 9.17) is 0 Å². The number of nitrogens with zero attached hydrogens (tertiary/aromatic N) is 6. The molecule has 9 nitrogen and oxygen atoms in total. The normalized spacial score (nSPS) is 14.5. The Morgan fingerprint density at radius 3 is 2.54 bits per heavy atom. The molecule has 174 valence electrons. The van der Waals surface area contributed by atoms with E-state index in [1.54, 1.807) is 24.8 Å². The van der Waals surface area contributed by atoms with Crippen LogP contribution in [0.2, 0.25) is 0 Å². The molecular weight excluding hydrogens is 440 g/mol. The van der Waals surface area contributed by atoms with Gasteiger partial charge in [0.05, 0.1) is 28.5 Å². The average molecular weight is 465 g/mol. The van der Waals surface area contributed by atoms with Crippen LogP contribution in [0.15, 0.2) is 67.4 Å². The number of benzene rings is 1. The molecule has 5 aromatic rings. The largest absolute Gasteiger partial charge is 0.354 e. The maximum absolute atomic E-state index is 13.0. The van der Waals surface area contributed by atoms with Gasteiger partial charge in [0.15, 0.2) is 0 Å². The molecule has 1 aliphatic heterocycles. The number of amides is 1. The zero-order valence-corrected chi connectivity index (χ0v) is 19.3. The number of aromatic nitrogens is 5. The highest BCUT2D eigenvalue weighted by Crippen LogP contribution is 2.30. The van der Waals surface area contributed by atoms with Gasteiger partial charge in [-0.1, -0.05) is 6.07 Å². The van der Waals surface area contributed by atoms with E-state index in [-0.39, 0.29) is 5.91 Å². The maximum Gasteiger partial charge on any atom is 0.257 e. The summed E-state index contributed by atoms with van der Waals surface area (Å²) >= 11 is 0. The number of hydrogen-bond acceptors (Lipinski definition) is 7. The van der Waals surface area contributed by atoms with E-state index < -0.39 is 0 Å². The van der Waals surface area contributed by atoms with Crippen molar-refractivity contribution in [1.29, 1.82) is 0 Å². The summed E-state index contributed by atoms with van der Waals surface area (Å²) in [6.45, 7) is 3.93. The van der Waals surface area contributed by atoms with Gasteiger partial charge < -0.3 is 20.1 Å². The summed E-state index contributed by atoms with van der Waals surface area (Å²) in [4.78, 5) is 38.5. The number of pyridine rings is 2. The number of nitrogens with one attached hydrogen (secondary N) is 2. The van der Waals surface area contributed by atoms with E-state index in [1.165, 1.54) is 0 Å². The van der Waals surface area contributed by atoms with Crippen LogP contribution in [-0.4, -0.2) is 69.0 Å². The first-order valence-electron chi connectivity index (χ1n) is 11.5. The summed E-state index contributed by atoms with van der Waals surface area (Å²) in [5, 5.41) is 3.80. The van der Waals surface area contributed by atoms with Gasteiger partial charge in [0, 0.05) is 61.9 Å². The molecule has 5 heterocycles. The first kappa shape index (κ1) is 21.2. The molecule has 0 bridgehead atoms. The van der Waals surface area contributed by atoms with Gasteiger partial charge in [0.2, 0.25) is 0 Å². The van der Waals surface area contributed by atoms with Gasteiger partial charge in [0.1, 0.15) is 11.5 Å². The monoisotopic (exact) mass is 464 g/mol. The Hall–Kier alpha value is -4.37. The summed E-state index contributed by atoms with van der Waals surface area (Å²) in [5.41, 5.74) is 5.42. The molecule has 0 saturated carbocycles. The van der Waals surface area contributed by atoms with Crippen molar-refractivity contribution in [3.63, 3.8) is 0 Å². The van der Waals surface area contributed by atoms with Crippen LogP contribution in [0.3, 0.4) is 0 Å². The lowest BCUT2D eigenvalue weighted by Crippen LogP contribution is -2.44. The molecule has 1 amide bonds. The molecule has 1 fully saturated rings. The smallest absolute Gasteiger partial charge is 0.257 e. The minimum Gasteiger partial charge on any atom is -0.354 e. The minimum atomic E-state index is -0.231. The van der Waals surface area contributed by atoms with Crippen molar-refractivity contribution in [2.45, 2.75) is 0 Å². The third-order valence-corrected chi connectivity index (χ3v) is 6.41. The van der Waals surface area contributed by atoms with Gasteiger partial charge in [-0.2, -0.15) is 0 Å². The lowest BCUT2D eigenvalue weighted by atomic mass is 10.0. The molecule has 35 heavy (non-hydrogen) atoms. The number of rotatable bonds is 4. The van der Waals surface area contributed by atoms with Gasteiger partial charge in [-0.3, -0.25) is 14.8 Å². The molecule has 1 aliphatic rings. The molecule has 1 aromatic carbocycles. The average Bonchev–Trinajstić information content (AvgIpc) is 3.33.